The average Bonchev–Trinajstić information content (AvgIpc) is 2.61. The SMILES string of the molecule is CCN1CCCC(Nc2cc(Br)c(F)cc2F)CC1. The first-order chi connectivity index (χ1) is 9.10. The van der Waals surface area contributed by atoms with Crippen molar-refractivity contribution in [2.45, 2.75) is 32.2 Å². The fraction of sp³-hybridized carbons (Fsp3) is 0.571. The van der Waals surface area contributed by atoms with Crippen LogP contribution in [-0.2, 0) is 0 Å². The molecule has 1 fully saturated rings. The summed E-state index contributed by atoms with van der Waals surface area (Å²) in [5, 5.41) is 3.20. The predicted octanol–water partition coefficient (Wildman–Crippen LogP) is 4.01. The van der Waals surface area contributed by atoms with Crippen LogP contribution in [0.25, 0.3) is 0 Å². The lowest BCUT2D eigenvalue weighted by molar-refractivity contribution is 0.300. The molecule has 0 radical (unpaired) electrons. The minimum absolute atomic E-state index is 0.253. The monoisotopic (exact) mass is 332 g/mol. The van der Waals surface area contributed by atoms with E-state index in [9.17, 15) is 8.78 Å². The molecule has 2 nitrogen and oxygen atoms in total. The van der Waals surface area contributed by atoms with Gasteiger partial charge in [0.1, 0.15) is 11.6 Å². The Labute approximate surface area is 121 Å². The van der Waals surface area contributed by atoms with E-state index in [-0.39, 0.29) is 6.04 Å². The van der Waals surface area contributed by atoms with E-state index >= 15 is 0 Å². The third-order valence-corrected chi connectivity index (χ3v) is 4.25. The first-order valence-corrected chi connectivity index (χ1v) is 7.53. The summed E-state index contributed by atoms with van der Waals surface area (Å²) in [5.41, 5.74) is 0.378. The molecule has 0 aliphatic carbocycles. The summed E-state index contributed by atoms with van der Waals surface area (Å²) >= 11 is 3.09. The Kier molecular flexibility index (Phi) is 5.16. The number of halogens is 3. The van der Waals surface area contributed by atoms with Crippen LogP contribution in [0.4, 0.5) is 14.5 Å². The number of anilines is 1. The lowest BCUT2D eigenvalue weighted by atomic mass is 10.1. The Morgan fingerprint density at radius 3 is 2.79 bits per heavy atom. The number of rotatable bonds is 3. The maximum Gasteiger partial charge on any atom is 0.149 e. The minimum atomic E-state index is -0.568. The van der Waals surface area contributed by atoms with Gasteiger partial charge in [0.15, 0.2) is 0 Å². The molecule has 0 aromatic heterocycles. The van der Waals surface area contributed by atoms with E-state index in [1.807, 2.05) is 0 Å². The summed E-state index contributed by atoms with van der Waals surface area (Å²) in [6, 6.07) is 2.65. The van der Waals surface area contributed by atoms with Crippen LogP contribution in [0.3, 0.4) is 0 Å². The molecule has 0 bridgehead atoms. The molecule has 1 atom stereocenters. The highest BCUT2D eigenvalue weighted by Gasteiger charge is 2.17. The van der Waals surface area contributed by atoms with Crippen molar-refractivity contribution >= 4 is 21.6 Å². The molecule has 106 valence electrons. The predicted molar refractivity (Wildman–Crippen MR) is 77.4 cm³/mol. The maximum absolute atomic E-state index is 13.7. The summed E-state index contributed by atoms with van der Waals surface area (Å²) in [6.07, 6.45) is 3.11. The molecular formula is C14H19BrF2N2. The fourth-order valence-corrected chi connectivity index (χ4v) is 2.81. The molecule has 1 aromatic rings. The van der Waals surface area contributed by atoms with Crippen LogP contribution in [0.2, 0.25) is 0 Å². The molecule has 1 aliphatic rings. The van der Waals surface area contributed by atoms with Crippen molar-refractivity contribution in [2.24, 2.45) is 0 Å². The van der Waals surface area contributed by atoms with Crippen molar-refractivity contribution in [1.29, 1.82) is 0 Å². The van der Waals surface area contributed by atoms with Crippen molar-refractivity contribution < 1.29 is 8.78 Å². The number of nitrogens with one attached hydrogen (secondary N) is 1. The van der Waals surface area contributed by atoms with Crippen LogP contribution in [0, 0.1) is 11.6 Å². The van der Waals surface area contributed by atoms with Crippen LogP contribution >= 0.6 is 15.9 Å². The van der Waals surface area contributed by atoms with Gasteiger partial charge in [0.25, 0.3) is 0 Å². The smallest absolute Gasteiger partial charge is 0.149 e. The van der Waals surface area contributed by atoms with E-state index < -0.39 is 11.6 Å². The van der Waals surface area contributed by atoms with E-state index in [0.29, 0.717) is 10.2 Å². The van der Waals surface area contributed by atoms with Gasteiger partial charge in [-0.15, -0.1) is 0 Å². The van der Waals surface area contributed by atoms with Crippen molar-refractivity contribution in [1.82, 2.24) is 4.90 Å². The van der Waals surface area contributed by atoms with E-state index in [1.165, 1.54) is 6.07 Å². The zero-order chi connectivity index (χ0) is 13.8. The molecule has 0 saturated carbocycles. The summed E-state index contributed by atoms with van der Waals surface area (Å²) in [4.78, 5) is 2.40. The molecule has 1 unspecified atom stereocenters. The highest BCUT2D eigenvalue weighted by atomic mass is 79.9. The van der Waals surface area contributed by atoms with Crippen molar-refractivity contribution in [2.75, 3.05) is 25.0 Å². The Morgan fingerprint density at radius 2 is 2.05 bits per heavy atom. The maximum atomic E-state index is 13.7. The third kappa shape index (κ3) is 3.89. The van der Waals surface area contributed by atoms with E-state index in [2.05, 4.69) is 33.1 Å². The van der Waals surface area contributed by atoms with Crippen LogP contribution < -0.4 is 5.32 Å². The summed E-state index contributed by atoms with van der Waals surface area (Å²) < 4.78 is 27.2. The van der Waals surface area contributed by atoms with Crippen molar-refractivity contribution in [3.63, 3.8) is 0 Å². The molecule has 1 N–H and O–H groups in total. The standard InChI is InChI=1S/C14H19BrF2N2/c1-2-19-6-3-4-10(5-7-19)18-14-8-11(15)12(16)9-13(14)17/h8-10,18H,2-7H2,1H3. The van der Waals surface area contributed by atoms with Crippen molar-refractivity contribution in [3.05, 3.63) is 28.2 Å². The zero-order valence-corrected chi connectivity index (χ0v) is 12.6. The fourth-order valence-electron chi connectivity index (χ4n) is 2.47. The Bertz CT molecular complexity index is 440. The van der Waals surface area contributed by atoms with Gasteiger partial charge in [-0.2, -0.15) is 0 Å². The molecule has 1 aromatic carbocycles. The Balaban J connectivity index is 2.03. The minimum Gasteiger partial charge on any atom is -0.380 e. The molecule has 19 heavy (non-hydrogen) atoms. The van der Waals surface area contributed by atoms with Crippen LogP contribution in [0.1, 0.15) is 26.2 Å². The van der Waals surface area contributed by atoms with Gasteiger partial charge in [-0.3, -0.25) is 0 Å². The molecule has 5 heteroatoms. The first-order valence-electron chi connectivity index (χ1n) is 6.73. The molecule has 0 amide bonds. The number of hydrogen-bond acceptors (Lipinski definition) is 2. The van der Waals surface area contributed by atoms with Crippen molar-refractivity contribution in [3.8, 4) is 0 Å². The second kappa shape index (κ2) is 6.66. The lowest BCUT2D eigenvalue weighted by Gasteiger charge is -2.19. The number of likely N-dealkylation sites (tertiary alicyclic amines) is 1. The van der Waals surface area contributed by atoms with Gasteiger partial charge in [0.05, 0.1) is 10.2 Å². The number of nitrogens with zero attached hydrogens (tertiary/aromatic N) is 1. The van der Waals surface area contributed by atoms with Gasteiger partial charge in [0, 0.05) is 18.7 Å². The van der Waals surface area contributed by atoms with Gasteiger partial charge < -0.3 is 10.2 Å². The van der Waals surface area contributed by atoms with Gasteiger partial charge >= 0.3 is 0 Å². The Morgan fingerprint density at radius 1 is 1.26 bits per heavy atom. The molecule has 1 saturated heterocycles. The molecule has 0 spiro atoms. The first kappa shape index (κ1) is 14.7. The highest BCUT2D eigenvalue weighted by molar-refractivity contribution is 9.10. The average molecular weight is 333 g/mol. The van der Waals surface area contributed by atoms with E-state index in [1.54, 1.807) is 0 Å². The van der Waals surface area contributed by atoms with Gasteiger partial charge in [-0.05, 0) is 54.3 Å². The third-order valence-electron chi connectivity index (χ3n) is 3.64. The molecular weight excluding hydrogens is 314 g/mol. The summed E-state index contributed by atoms with van der Waals surface area (Å²) in [7, 11) is 0. The highest BCUT2D eigenvalue weighted by Crippen LogP contribution is 2.25. The molecule has 1 heterocycles. The van der Waals surface area contributed by atoms with E-state index in [0.717, 1.165) is 45.0 Å². The molecule has 1 aliphatic heterocycles. The van der Waals surface area contributed by atoms with Gasteiger partial charge in [-0.25, -0.2) is 8.78 Å². The largest absolute Gasteiger partial charge is 0.380 e. The quantitative estimate of drug-likeness (QED) is 0.841. The second-order valence-electron chi connectivity index (χ2n) is 4.95. The van der Waals surface area contributed by atoms with Gasteiger partial charge in [-0.1, -0.05) is 6.92 Å². The molecule has 2 rings (SSSR count). The summed E-state index contributed by atoms with van der Waals surface area (Å²) in [5.74, 6) is -1.10. The zero-order valence-electron chi connectivity index (χ0n) is 11.1. The number of hydrogen-bond donors (Lipinski definition) is 1. The van der Waals surface area contributed by atoms with E-state index in [4.69, 9.17) is 0 Å². The Hall–Kier alpha value is -0.680. The van der Waals surface area contributed by atoms with Gasteiger partial charge in [0.2, 0.25) is 0 Å². The van der Waals surface area contributed by atoms with Crippen LogP contribution in [0.15, 0.2) is 16.6 Å². The van der Waals surface area contributed by atoms with Crippen LogP contribution in [-0.4, -0.2) is 30.6 Å². The normalized spacial score (nSPS) is 21.2. The number of benzene rings is 1. The van der Waals surface area contributed by atoms with Crippen LogP contribution in [0.5, 0.6) is 0 Å². The lowest BCUT2D eigenvalue weighted by Crippen LogP contribution is -2.26. The second-order valence-corrected chi connectivity index (χ2v) is 5.81. The topological polar surface area (TPSA) is 15.3 Å². The summed E-state index contributed by atoms with van der Waals surface area (Å²) in [6.45, 7) is 5.34.